The second-order valence-corrected chi connectivity index (χ2v) is 12.9. The molecule has 0 fully saturated rings. The van der Waals surface area contributed by atoms with Gasteiger partial charge in [-0.2, -0.15) is 0 Å². The lowest BCUT2D eigenvalue weighted by atomic mass is 9.91. The van der Waals surface area contributed by atoms with Gasteiger partial charge in [-0.3, -0.25) is 9.78 Å². The quantitative estimate of drug-likeness (QED) is 0.219. The summed E-state index contributed by atoms with van der Waals surface area (Å²) in [5, 5.41) is 3.10. The molecule has 6 rings (SSSR count). The Kier molecular flexibility index (Phi) is 8.36. The third-order valence-electron chi connectivity index (χ3n) is 8.59. The molecule has 0 aliphatic carbocycles. The summed E-state index contributed by atoms with van der Waals surface area (Å²) in [5.74, 6) is -0.00545. The number of benzene rings is 2. The Bertz CT molecular complexity index is 2040. The van der Waals surface area contributed by atoms with Crippen LogP contribution in [0.4, 0.5) is 10.5 Å². The van der Waals surface area contributed by atoms with Gasteiger partial charge in [0.1, 0.15) is 17.4 Å². The van der Waals surface area contributed by atoms with Gasteiger partial charge in [0.15, 0.2) is 5.82 Å². The molecule has 0 spiro atoms. The summed E-state index contributed by atoms with van der Waals surface area (Å²) in [6, 6.07) is 14.1. The molecule has 0 saturated heterocycles. The molecule has 0 unspecified atom stereocenters. The maximum atomic E-state index is 13.6. The van der Waals surface area contributed by atoms with Gasteiger partial charge in [0, 0.05) is 44.0 Å². The zero-order valence-corrected chi connectivity index (χ0v) is 27.7. The maximum Gasteiger partial charge on any atom is 0.410 e. The second-order valence-electron chi connectivity index (χ2n) is 12.9. The summed E-state index contributed by atoms with van der Waals surface area (Å²) < 4.78 is 7.38. The Hall–Kier alpha value is -5.38. The first kappa shape index (κ1) is 31.6. The summed E-state index contributed by atoms with van der Waals surface area (Å²) in [6.07, 6.45) is 5.93. The van der Waals surface area contributed by atoms with Crippen LogP contribution in [-0.2, 0) is 31.2 Å². The van der Waals surface area contributed by atoms with E-state index in [9.17, 15) is 9.59 Å². The number of hydrogen-bond donors (Lipinski definition) is 1. The molecule has 5 aromatic rings. The number of ether oxygens (including phenoxy) is 1. The van der Waals surface area contributed by atoms with Crippen molar-refractivity contribution in [1.29, 1.82) is 0 Å². The van der Waals surface area contributed by atoms with E-state index in [0.29, 0.717) is 43.1 Å². The van der Waals surface area contributed by atoms with E-state index in [0.717, 1.165) is 55.8 Å². The van der Waals surface area contributed by atoms with Crippen LogP contribution in [0.5, 0.6) is 0 Å². The number of aromatic nitrogens is 5. The first-order valence-electron chi connectivity index (χ1n) is 15.7. The number of carbonyl (C=O) groups excluding carboxylic acids is 2. The van der Waals surface area contributed by atoms with Crippen LogP contribution in [0, 0.1) is 13.8 Å². The highest BCUT2D eigenvalue weighted by Crippen LogP contribution is 2.33. The lowest BCUT2D eigenvalue weighted by Gasteiger charge is -2.29. The highest BCUT2D eigenvalue weighted by Gasteiger charge is 2.30. The second kappa shape index (κ2) is 12.4. The van der Waals surface area contributed by atoms with E-state index >= 15 is 0 Å². The van der Waals surface area contributed by atoms with Gasteiger partial charge in [-0.1, -0.05) is 43.0 Å². The number of fused-ring (bicyclic) bond motifs is 2. The number of anilines is 1. The average Bonchev–Trinajstić information content (AvgIpc) is 3.38. The predicted molar refractivity (Wildman–Crippen MR) is 183 cm³/mol. The van der Waals surface area contributed by atoms with Crippen molar-refractivity contribution in [1.82, 2.24) is 29.4 Å². The van der Waals surface area contributed by atoms with Crippen molar-refractivity contribution >= 4 is 34.8 Å². The minimum absolute atomic E-state index is 0.298. The molecule has 10 nitrogen and oxygen atoms in total. The number of nitrogens with zero attached hydrogens (tertiary/aromatic N) is 6. The van der Waals surface area contributed by atoms with Crippen molar-refractivity contribution in [2.45, 2.75) is 59.6 Å². The number of amides is 2. The molecular weight excluding hydrogens is 590 g/mol. The zero-order chi connectivity index (χ0) is 33.5. The molecular formula is C37H39N7O3. The summed E-state index contributed by atoms with van der Waals surface area (Å²) >= 11 is 0. The van der Waals surface area contributed by atoms with Gasteiger partial charge in [0.25, 0.3) is 5.91 Å². The third kappa shape index (κ3) is 6.36. The van der Waals surface area contributed by atoms with Gasteiger partial charge < -0.3 is 19.5 Å². The molecule has 240 valence electrons. The van der Waals surface area contributed by atoms with E-state index in [-0.39, 0.29) is 12.0 Å². The molecule has 0 atom stereocenters. The molecule has 0 radical (unpaired) electrons. The van der Waals surface area contributed by atoms with Gasteiger partial charge in [0.2, 0.25) is 0 Å². The average molecular weight is 630 g/mol. The fourth-order valence-corrected chi connectivity index (χ4v) is 6.05. The van der Waals surface area contributed by atoms with E-state index in [1.54, 1.807) is 23.5 Å². The lowest BCUT2D eigenvalue weighted by molar-refractivity contribution is 0.0220. The smallest absolute Gasteiger partial charge is 0.410 e. The van der Waals surface area contributed by atoms with Crippen LogP contribution in [0.15, 0.2) is 61.6 Å². The SMILES string of the molecule is C=Cc1cnc2c(Cc3cccc(-c4cccc(NC(=O)c5nc6c(n5C)CCN(C(=O)OC(C)(C)C)C6)c4C)c3C)ncnc2c1. The fraction of sp³-hybridized carbons (Fsp3) is 0.297. The molecule has 3 aromatic heterocycles. The van der Waals surface area contributed by atoms with Crippen molar-refractivity contribution in [3.63, 3.8) is 0 Å². The molecule has 1 aliphatic heterocycles. The van der Waals surface area contributed by atoms with E-state index in [1.165, 1.54) is 0 Å². The number of hydrogen-bond acceptors (Lipinski definition) is 7. The van der Waals surface area contributed by atoms with Gasteiger partial charge >= 0.3 is 6.09 Å². The molecule has 0 saturated carbocycles. The molecule has 1 aliphatic rings. The fourth-order valence-electron chi connectivity index (χ4n) is 6.05. The van der Waals surface area contributed by atoms with E-state index in [2.05, 4.69) is 57.0 Å². The van der Waals surface area contributed by atoms with Crippen LogP contribution in [0.2, 0.25) is 0 Å². The van der Waals surface area contributed by atoms with Crippen LogP contribution in [-0.4, -0.2) is 53.5 Å². The number of pyridine rings is 1. The van der Waals surface area contributed by atoms with E-state index in [1.807, 2.05) is 63.6 Å². The van der Waals surface area contributed by atoms with Crippen molar-refractivity contribution < 1.29 is 14.3 Å². The number of imidazole rings is 1. The van der Waals surface area contributed by atoms with Crippen LogP contribution in [0.1, 0.15) is 70.7 Å². The number of nitrogens with one attached hydrogen (secondary N) is 1. The molecule has 0 bridgehead atoms. The molecule has 47 heavy (non-hydrogen) atoms. The van der Waals surface area contributed by atoms with Gasteiger partial charge in [-0.05, 0) is 80.1 Å². The Morgan fingerprint density at radius 2 is 1.79 bits per heavy atom. The molecule has 10 heteroatoms. The monoisotopic (exact) mass is 629 g/mol. The van der Waals surface area contributed by atoms with Crippen LogP contribution in [0.25, 0.3) is 28.2 Å². The molecule has 2 amide bonds. The standard InChI is InChI=1S/C37H39N7O3/c1-8-24-17-29-33(38-19-24)30(40-21-39-29)18-25-11-9-12-26(22(25)2)27-13-10-14-28(23(27)3)42-35(45)34-41-31-20-44(16-15-32(31)43(34)7)36(46)47-37(4,5)6/h8-14,17,19,21H,1,15-16,18,20H2,2-7H3,(H,42,45). The Labute approximate surface area is 274 Å². The predicted octanol–water partition coefficient (Wildman–Crippen LogP) is 6.82. The topological polar surface area (TPSA) is 115 Å². The van der Waals surface area contributed by atoms with Crippen molar-refractivity contribution in [3.8, 4) is 11.1 Å². The Morgan fingerprint density at radius 3 is 2.53 bits per heavy atom. The summed E-state index contributed by atoms with van der Waals surface area (Å²) in [4.78, 5) is 46.2. The summed E-state index contributed by atoms with van der Waals surface area (Å²) in [6.45, 7) is 14.3. The zero-order valence-electron chi connectivity index (χ0n) is 27.7. The van der Waals surface area contributed by atoms with Gasteiger partial charge in [-0.25, -0.2) is 19.7 Å². The molecule has 1 N–H and O–H groups in total. The van der Waals surface area contributed by atoms with Gasteiger partial charge in [0.05, 0.1) is 23.4 Å². The van der Waals surface area contributed by atoms with Crippen LogP contribution >= 0.6 is 0 Å². The summed E-state index contributed by atoms with van der Waals surface area (Å²) in [7, 11) is 1.84. The van der Waals surface area contributed by atoms with Crippen LogP contribution in [0.3, 0.4) is 0 Å². The summed E-state index contributed by atoms with van der Waals surface area (Å²) in [5.41, 5.74) is 10.4. The van der Waals surface area contributed by atoms with Crippen LogP contribution < -0.4 is 5.32 Å². The van der Waals surface area contributed by atoms with Crippen molar-refractivity contribution in [2.75, 3.05) is 11.9 Å². The van der Waals surface area contributed by atoms with Crippen molar-refractivity contribution in [2.24, 2.45) is 7.05 Å². The van der Waals surface area contributed by atoms with E-state index < -0.39 is 5.60 Å². The largest absolute Gasteiger partial charge is 0.444 e. The minimum atomic E-state index is -0.585. The van der Waals surface area contributed by atoms with Gasteiger partial charge in [-0.15, -0.1) is 0 Å². The first-order valence-corrected chi connectivity index (χ1v) is 15.7. The molecule has 2 aromatic carbocycles. The lowest BCUT2D eigenvalue weighted by Crippen LogP contribution is -2.40. The number of rotatable bonds is 6. The minimum Gasteiger partial charge on any atom is -0.444 e. The van der Waals surface area contributed by atoms with Crippen molar-refractivity contribution in [3.05, 3.63) is 107 Å². The number of carbonyl (C=O) groups is 2. The Balaban J connectivity index is 1.24. The Morgan fingerprint density at radius 1 is 1.04 bits per heavy atom. The molecule has 4 heterocycles. The normalized spacial score (nSPS) is 12.9. The highest BCUT2D eigenvalue weighted by molar-refractivity contribution is 6.03. The highest BCUT2D eigenvalue weighted by atomic mass is 16.6. The first-order chi connectivity index (χ1) is 22.4. The maximum absolute atomic E-state index is 13.6. The van der Waals surface area contributed by atoms with E-state index in [4.69, 9.17) is 4.74 Å². The third-order valence-corrected chi connectivity index (χ3v) is 8.59.